The summed E-state index contributed by atoms with van der Waals surface area (Å²) in [5.41, 5.74) is 1.64. The highest BCUT2D eigenvalue weighted by Crippen LogP contribution is 2.21. The first kappa shape index (κ1) is 14.0. The molecule has 1 aliphatic rings. The van der Waals surface area contributed by atoms with Crippen LogP contribution in [-0.4, -0.2) is 50.5 Å². The first-order chi connectivity index (χ1) is 9.00. The van der Waals surface area contributed by atoms with Gasteiger partial charge in [0.2, 0.25) is 0 Å². The second kappa shape index (κ2) is 5.69. The van der Waals surface area contributed by atoms with Gasteiger partial charge in [0.15, 0.2) is 0 Å². The lowest BCUT2D eigenvalue weighted by atomic mass is 10.2. The number of carbonyl (C=O) groups excluding carboxylic acids is 1. The summed E-state index contributed by atoms with van der Waals surface area (Å²) in [4.78, 5) is 25.1. The van der Waals surface area contributed by atoms with E-state index in [4.69, 9.17) is 5.11 Å². The van der Waals surface area contributed by atoms with Crippen LogP contribution in [0.15, 0.2) is 12.1 Å². The molecule has 0 saturated carbocycles. The molecule has 2 rings (SSSR count). The van der Waals surface area contributed by atoms with Crippen molar-refractivity contribution < 1.29 is 14.7 Å². The molecule has 0 radical (unpaired) electrons. The molecule has 104 valence electrons. The highest BCUT2D eigenvalue weighted by atomic mass is 32.2. The number of carbonyl (C=O) groups is 2. The maximum atomic E-state index is 12.5. The van der Waals surface area contributed by atoms with E-state index < -0.39 is 5.97 Å². The number of aryl methyl sites for hydroxylation is 1. The maximum absolute atomic E-state index is 12.5. The molecule has 2 heterocycles. The number of aliphatic carboxylic acids is 1. The summed E-state index contributed by atoms with van der Waals surface area (Å²) < 4.78 is 1.85. The second-order valence-electron chi connectivity index (χ2n) is 4.74. The third-order valence-corrected chi connectivity index (χ3v) is 4.58. The van der Waals surface area contributed by atoms with Crippen LogP contribution < -0.4 is 0 Å². The minimum absolute atomic E-state index is 0.0160. The molecule has 1 N–H and O–H groups in total. The lowest BCUT2D eigenvalue weighted by Gasteiger charge is -2.34. The molecule has 1 aromatic rings. The fraction of sp³-hybridized carbons (Fsp3) is 0.538. The summed E-state index contributed by atoms with van der Waals surface area (Å²) in [6.07, 6.45) is 0.0160. The van der Waals surface area contributed by atoms with Crippen molar-refractivity contribution in [2.24, 2.45) is 7.05 Å². The normalized spacial score (nSPS) is 19.5. The Morgan fingerprint density at radius 2 is 2.21 bits per heavy atom. The second-order valence-corrected chi connectivity index (χ2v) is 5.89. The molecule has 0 bridgehead atoms. The topological polar surface area (TPSA) is 62.5 Å². The van der Waals surface area contributed by atoms with Crippen LogP contribution in [0.5, 0.6) is 0 Å². The minimum atomic E-state index is -0.853. The van der Waals surface area contributed by atoms with Gasteiger partial charge in [0.1, 0.15) is 5.69 Å². The molecule has 0 aliphatic carbocycles. The molecule has 0 spiro atoms. The largest absolute Gasteiger partial charge is 0.481 e. The lowest BCUT2D eigenvalue weighted by Crippen LogP contribution is -2.47. The predicted octanol–water partition coefficient (Wildman–Crippen LogP) is 1.37. The minimum Gasteiger partial charge on any atom is -0.481 e. The van der Waals surface area contributed by atoms with Gasteiger partial charge in [-0.05, 0) is 19.1 Å². The van der Waals surface area contributed by atoms with Crippen molar-refractivity contribution in [3.63, 3.8) is 0 Å². The average molecular weight is 282 g/mol. The van der Waals surface area contributed by atoms with E-state index in [1.807, 2.05) is 24.6 Å². The van der Waals surface area contributed by atoms with Crippen molar-refractivity contribution in [2.45, 2.75) is 19.4 Å². The Labute approximate surface area is 116 Å². The van der Waals surface area contributed by atoms with E-state index in [9.17, 15) is 9.59 Å². The van der Waals surface area contributed by atoms with Crippen molar-refractivity contribution in [1.29, 1.82) is 0 Å². The molecule has 6 heteroatoms. The number of thioether (sulfide) groups is 1. The summed E-state index contributed by atoms with van der Waals surface area (Å²) in [5.74, 6) is 0.641. The van der Waals surface area contributed by atoms with Gasteiger partial charge in [-0.15, -0.1) is 0 Å². The van der Waals surface area contributed by atoms with E-state index in [0.717, 1.165) is 11.4 Å². The molecule has 1 unspecified atom stereocenters. The number of amides is 1. The van der Waals surface area contributed by atoms with E-state index in [2.05, 4.69) is 0 Å². The molecule has 19 heavy (non-hydrogen) atoms. The van der Waals surface area contributed by atoms with Crippen LogP contribution in [0, 0.1) is 6.92 Å². The zero-order valence-corrected chi connectivity index (χ0v) is 11.9. The van der Waals surface area contributed by atoms with Gasteiger partial charge in [0, 0.05) is 30.8 Å². The van der Waals surface area contributed by atoms with Crippen LogP contribution in [0.3, 0.4) is 0 Å². The van der Waals surface area contributed by atoms with Gasteiger partial charge in [-0.25, -0.2) is 0 Å². The van der Waals surface area contributed by atoms with Crippen LogP contribution in [0.25, 0.3) is 0 Å². The summed E-state index contributed by atoms with van der Waals surface area (Å²) >= 11 is 1.71. The van der Waals surface area contributed by atoms with Crippen LogP contribution in [0.4, 0.5) is 0 Å². The van der Waals surface area contributed by atoms with Gasteiger partial charge < -0.3 is 14.6 Å². The number of rotatable bonds is 3. The first-order valence-corrected chi connectivity index (χ1v) is 7.39. The Kier molecular flexibility index (Phi) is 4.19. The quantitative estimate of drug-likeness (QED) is 0.909. The SMILES string of the molecule is Cc1ccc(C(=O)N2CCSCC2CC(=O)O)n1C. The highest BCUT2D eigenvalue weighted by Gasteiger charge is 2.30. The van der Waals surface area contributed by atoms with E-state index in [0.29, 0.717) is 18.0 Å². The lowest BCUT2D eigenvalue weighted by molar-refractivity contribution is -0.138. The molecule has 1 aromatic heterocycles. The summed E-state index contributed by atoms with van der Waals surface area (Å²) in [7, 11) is 1.85. The van der Waals surface area contributed by atoms with Crippen molar-refractivity contribution in [2.75, 3.05) is 18.1 Å². The molecule has 1 atom stereocenters. The molecular formula is C13H18N2O3S. The Bertz CT molecular complexity index is 498. The first-order valence-electron chi connectivity index (χ1n) is 6.23. The van der Waals surface area contributed by atoms with Gasteiger partial charge in [-0.1, -0.05) is 0 Å². The molecule has 5 nitrogen and oxygen atoms in total. The van der Waals surface area contributed by atoms with E-state index in [-0.39, 0.29) is 18.4 Å². The monoisotopic (exact) mass is 282 g/mol. The van der Waals surface area contributed by atoms with Gasteiger partial charge in [0.25, 0.3) is 5.91 Å². The Morgan fingerprint density at radius 3 is 2.79 bits per heavy atom. The zero-order chi connectivity index (χ0) is 14.0. The fourth-order valence-electron chi connectivity index (χ4n) is 2.27. The highest BCUT2D eigenvalue weighted by molar-refractivity contribution is 7.99. The fourth-order valence-corrected chi connectivity index (χ4v) is 3.33. The number of hydrogen-bond donors (Lipinski definition) is 1. The van der Waals surface area contributed by atoms with Gasteiger partial charge in [0.05, 0.1) is 12.5 Å². The van der Waals surface area contributed by atoms with Crippen LogP contribution in [-0.2, 0) is 11.8 Å². The number of carboxylic acid groups (broad SMARTS) is 1. The maximum Gasteiger partial charge on any atom is 0.305 e. The standard InChI is InChI=1S/C13H18N2O3S/c1-9-3-4-11(14(9)2)13(18)15-5-6-19-8-10(15)7-12(16)17/h3-4,10H,5-8H2,1-2H3,(H,16,17). The van der Waals surface area contributed by atoms with Gasteiger partial charge in [-0.3, -0.25) is 9.59 Å². The van der Waals surface area contributed by atoms with Crippen molar-refractivity contribution >= 4 is 23.6 Å². The van der Waals surface area contributed by atoms with Gasteiger partial charge in [-0.2, -0.15) is 11.8 Å². The zero-order valence-electron chi connectivity index (χ0n) is 11.1. The summed E-state index contributed by atoms with van der Waals surface area (Å²) in [6.45, 7) is 2.56. The summed E-state index contributed by atoms with van der Waals surface area (Å²) in [6, 6.07) is 3.49. The molecule has 1 fully saturated rings. The molecule has 1 saturated heterocycles. The van der Waals surface area contributed by atoms with Crippen molar-refractivity contribution in [3.05, 3.63) is 23.5 Å². The predicted molar refractivity (Wildman–Crippen MR) is 74.6 cm³/mol. The smallest absolute Gasteiger partial charge is 0.305 e. The molecular weight excluding hydrogens is 264 g/mol. The average Bonchev–Trinajstić information content (AvgIpc) is 2.69. The van der Waals surface area contributed by atoms with Crippen LogP contribution >= 0.6 is 11.8 Å². The van der Waals surface area contributed by atoms with Gasteiger partial charge >= 0.3 is 5.97 Å². The number of aromatic nitrogens is 1. The Hall–Kier alpha value is -1.43. The van der Waals surface area contributed by atoms with E-state index >= 15 is 0 Å². The summed E-state index contributed by atoms with van der Waals surface area (Å²) in [5, 5.41) is 8.94. The molecule has 1 aliphatic heterocycles. The third kappa shape index (κ3) is 2.94. The Morgan fingerprint density at radius 1 is 1.47 bits per heavy atom. The Balaban J connectivity index is 2.20. The molecule has 1 amide bonds. The van der Waals surface area contributed by atoms with Crippen molar-refractivity contribution in [3.8, 4) is 0 Å². The van der Waals surface area contributed by atoms with E-state index in [1.165, 1.54) is 0 Å². The van der Waals surface area contributed by atoms with E-state index in [1.54, 1.807) is 22.7 Å². The number of hydrogen-bond acceptors (Lipinski definition) is 3. The number of carboxylic acids is 1. The molecule has 0 aromatic carbocycles. The van der Waals surface area contributed by atoms with Crippen LogP contribution in [0.1, 0.15) is 22.6 Å². The van der Waals surface area contributed by atoms with Crippen LogP contribution in [0.2, 0.25) is 0 Å². The van der Waals surface area contributed by atoms with Crippen molar-refractivity contribution in [1.82, 2.24) is 9.47 Å². The number of nitrogens with zero attached hydrogens (tertiary/aromatic N) is 2. The third-order valence-electron chi connectivity index (χ3n) is 3.49.